The minimum absolute atomic E-state index is 0.0419. The maximum Gasteiger partial charge on any atom is 0.306 e. The summed E-state index contributed by atoms with van der Waals surface area (Å²) in [6.45, 7) is 2.77. The first-order chi connectivity index (χ1) is 16.6. The maximum atomic E-state index is 13.1. The summed E-state index contributed by atoms with van der Waals surface area (Å²) in [6.07, 6.45) is 20.4. The van der Waals surface area contributed by atoms with Gasteiger partial charge in [0.2, 0.25) is 0 Å². The van der Waals surface area contributed by atoms with E-state index in [2.05, 4.69) is 6.92 Å². The zero-order chi connectivity index (χ0) is 24.7. The van der Waals surface area contributed by atoms with Crippen LogP contribution in [-0.2, 0) is 25.7 Å². The lowest BCUT2D eigenvalue weighted by Crippen LogP contribution is -2.09. The monoisotopic (exact) mass is 478 g/mol. The third kappa shape index (κ3) is 18.5. The molecule has 0 fully saturated rings. The summed E-state index contributed by atoms with van der Waals surface area (Å²) in [4.78, 5) is 23.5. The van der Waals surface area contributed by atoms with Crippen LogP contribution in [0.15, 0.2) is 24.3 Å². The predicted molar refractivity (Wildman–Crippen MR) is 136 cm³/mol. The van der Waals surface area contributed by atoms with Gasteiger partial charge in [-0.15, -0.1) is 0 Å². The van der Waals surface area contributed by atoms with Crippen molar-refractivity contribution in [3.05, 3.63) is 35.6 Å². The molecule has 0 spiro atoms. The van der Waals surface area contributed by atoms with Gasteiger partial charge in [-0.05, 0) is 30.5 Å². The van der Waals surface area contributed by atoms with Crippen molar-refractivity contribution in [2.45, 2.75) is 129 Å². The van der Waals surface area contributed by atoms with Gasteiger partial charge in [-0.1, -0.05) is 109 Å². The molecule has 0 aromatic heterocycles. The van der Waals surface area contributed by atoms with Crippen molar-refractivity contribution in [3.8, 4) is 0 Å². The van der Waals surface area contributed by atoms with Crippen molar-refractivity contribution >= 4 is 11.9 Å². The van der Waals surface area contributed by atoms with Crippen molar-refractivity contribution in [2.24, 2.45) is 0 Å². The van der Waals surface area contributed by atoms with Crippen LogP contribution in [0, 0.1) is 5.82 Å². The fraction of sp³-hybridized carbons (Fsp3) is 0.724. The first kappa shape index (κ1) is 30.1. The molecule has 0 aliphatic carbocycles. The van der Waals surface area contributed by atoms with Gasteiger partial charge >= 0.3 is 11.9 Å². The average molecular weight is 479 g/mol. The highest BCUT2D eigenvalue weighted by atomic mass is 19.1. The Hall–Kier alpha value is -1.91. The van der Waals surface area contributed by atoms with Gasteiger partial charge in [-0.25, -0.2) is 4.39 Å². The molecule has 5 heteroatoms. The van der Waals surface area contributed by atoms with E-state index in [4.69, 9.17) is 9.47 Å². The van der Waals surface area contributed by atoms with Crippen molar-refractivity contribution < 1.29 is 23.5 Å². The SMILES string of the molecule is CCCCCCCCCCCCCCCCCOC(=O)CCCC(=O)OCc1cccc(F)c1. The van der Waals surface area contributed by atoms with Crippen LogP contribution >= 0.6 is 0 Å². The molecule has 0 bridgehead atoms. The highest BCUT2D eigenvalue weighted by molar-refractivity contribution is 5.72. The second-order valence-corrected chi connectivity index (χ2v) is 9.31. The van der Waals surface area contributed by atoms with Gasteiger partial charge in [-0.2, -0.15) is 0 Å². The van der Waals surface area contributed by atoms with E-state index in [1.165, 1.54) is 95.6 Å². The van der Waals surface area contributed by atoms with Crippen LogP contribution in [0.5, 0.6) is 0 Å². The number of hydrogen-bond acceptors (Lipinski definition) is 4. The smallest absolute Gasteiger partial charge is 0.306 e. The number of carbonyl (C=O) groups is 2. The van der Waals surface area contributed by atoms with E-state index in [0.717, 1.165) is 12.8 Å². The molecule has 194 valence electrons. The van der Waals surface area contributed by atoms with Crippen LogP contribution in [-0.4, -0.2) is 18.5 Å². The Morgan fingerprint density at radius 3 is 1.71 bits per heavy atom. The van der Waals surface area contributed by atoms with Gasteiger partial charge < -0.3 is 9.47 Å². The molecule has 0 saturated carbocycles. The van der Waals surface area contributed by atoms with E-state index in [1.54, 1.807) is 12.1 Å². The molecule has 0 aliphatic rings. The standard InChI is InChI=1S/C29H47FO4/c1-2-3-4-5-6-7-8-9-10-11-12-13-14-15-16-23-33-28(31)21-18-22-29(32)34-25-26-19-17-20-27(30)24-26/h17,19-20,24H,2-16,18,21-23,25H2,1H3. The molecule has 0 amide bonds. The number of carbonyl (C=O) groups excluding carboxylic acids is 2. The van der Waals surface area contributed by atoms with Crippen LogP contribution < -0.4 is 0 Å². The Morgan fingerprint density at radius 1 is 0.676 bits per heavy atom. The summed E-state index contributed by atoms with van der Waals surface area (Å²) in [5.41, 5.74) is 0.608. The molecule has 1 rings (SSSR count). The van der Waals surface area contributed by atoms with Gasteiger partial charge in [-0.3, -0.25) is 9.59 Å². The fourth-order valence-electron chi connectivity index (χ4n) is 3.97. The Labute approximate surface area is 207 Å². The highest BCUT2D eigenvalue weighted by Crippen LogP contribution is 2.13. The molecule has 4 nitrogen and oxygen atoms in total. The Bertz CT molecular complexity index is 647. The first-order valence-corrected chi connectivity index (χ1v) is 13.7. The first-order valence-electron chi connectivity index (χ1n) is 13.7. The second-order valence-electron chi connectivity index (χ2n) is 9.31. The molecule has 0 heterocycles. The molecular weight excluding hydrogens is 431 g/mol. The van der Waals surface area contributed by atoms with Crippen LogP contribution in [0.4, 0.5) is 4.39 Å². The number of unbranched alkanes of at least 4 members (excludes halogenated alkanes) is 14. The van der Waals surface area contributed by atoms with Crippen LogP contribution in [0.2, 0.25) is 0 Å². The highest BCUT2D eigenvalue weighted by Gasteiger charge is 2.08. The molecule has 0 N–H and O–H groups in total. The van der Waals surface area contributed by atoms with E-state index < -0.39 is 0 Å². The van der Waals surface area contributed by atoms with Gasteiger partial charge in [0.1, 0.15) is 12.4 Å². The number of halogens is 1. The molecule has 1 aromatic rings. The topological polar surface area (TPSA) is 52.6 Å². The Morgan fingerprint density at radius 2 is 1.18 bits per heavy atom. The minimum atomic E-state index is -0.389. The summed E-state index contributed by atoms with van der Waals surface area (Å²) in [6, 6.07) is 5.96. The molecule has 34 heavy (non-hydrogen) atoms. The van der Waals surface area contributed by atoms with Crippen LogP contribution in [0.1, 0.15) is 128 Å². The number of ether oxygens (including phenoxy) is 2. The normalized spacial score (nSPS) is 10.9. The fourth-order valence-corrected chi connectivity index (χ4v) is 3.97. The maximum absolute atomic E-state index is 13.1. The minimum Gasteiger partial charge on any atom is -0.466 e. The summed E-state index contributed by atoms with van der Waals surface area (Å²) in [5.74, 6) is -1.01. The van der Waals surface area contributed by atoms with Crippen LogP contribution in [0.25, 0.3) is 0 Å². The molecule has 0 aliphatic heterocycles. The number of esters is 2. The lowest BCUT2D eigenvalue weighted by molar-refractivity contribution is -0.146. The van der Waals surface area contributed by atoms with Crippen molar-refractivity contribution in [2.75, 3.05) is 6.61 Å². The number of hydrogen-bond donors (Lipinski definition) is 0. The Balaban J connectivity index is 1.82. The van der Waals surface area contributed by atoms with Gasteiger partial charge in [0.05, 0.1) is 6.61 Å². The summed E-state index contributed by atoms with van der Waals surface area (Å²) in [5, 5.41) is 0. The van der Waals surface area contributed by atoms with Gasteiger partial charge in [0.25, 0.3) is 0 Å². The zero-order valence-corrected chi connectivity index (χ0v) is 21.5. The largest absolute Gasteiger partial charge is 0.466 e. The lowest BCUT2D eigenvalue weighted by atomic mass is 10.0. The lowest BCUT2D eigenvalue weighted by Gasteiger charge is -2.06. The third-order valence-electron chi connectivity index (χ3n) is 6.06. The molecule has 0 radical (unpaired) electrons. The van der Waals surface area contributed by atoms with Crippen molar-refractivity contribution in [1.29, 1.82) is 0 Å². The van der Waals surface area contributed by atoms with E-state index in [-0.39, 0.29) is 37.2 Å². The van der Waals surface area contributed by atoms with Crippen molar-refractivity contribution in [3.63, 3.8) is 0 Å². The molecule has 0 saturated heterocycles. The predicted octanol–water partition coefficient (Wildman–Crippen LogP) is 8.45. The van der Waals surface area contributed by atoms with Gasteiger partial charge in [0.15, 0.2) is 0 Å². The average Bonchev–Trinajstić information content (AvgIpc) is 2.82. The molecule has 1 aromatic carbocycles. The third-order valence-corrected chi connectivity index (χ3v) is 6.06. The van der Waals surface area contributed by atoms with Crippen molar-refractivity contribution in [1.82, 2.24) is 0 Å². The van der Waals surface area contributed by atoms with E-state index in [0.29, 0.717) is 18.6 Å². The molecule has 0 unspecified atom stereocenters. The van der Waals surface area contributed by atoms with E-state index in [1.807, 2.05) is 0 Å². The summed E-state index contributed by atoms with van der Waals surface area (Å²) >= 11 is 0. The second kappa shape index (κ2) is 21.6. The van der Waals surface area contributed by atoms with Gasteiger partial charge in [0, 0.05) is 12.8 Å². The summed E-state index contributed by atoms with van der Waals surface area (Å²) < 4.78 is 23.4. The summed E-state index contributed by atoms with van der Waals surface area (Å²) in [7, 11) is 0. The molecular formula is C29H47FO4. The number of benzene rings is 1. The van der Waals surface area contributed by atoms with E-state index >= 15 is 0 Å². The molecule has 0 atom stereocenters. The van der Waals surface area contributed by atoms with Crippen LogP contribution in [0.3, 0.4) is 0 Å². The van der Waals surface area contributed by atoms with E-state index in [9.17, 15) is 14.0 Å². The zero-order valence-electron chi connectivity index (χ0n) is 21.5. The number of rotatable bonds is 22. The quantitative estimate of drug-likeness (QED) is 0.124. The Kier molecular flexibility index (Phi) is 19.1.